The fourth-order valence-corrected chi connectivity index (χ4v) is 2.23. The van der Waals surface area contributed by atoms with Crippen molar-refractivity contribution in [2.45, 2.75) is 31.3 Å². The Bertz CT molecular complexity index is 374. The fraction of sp³-hybridized carbons (Fsp3) is 0.667. The van der Waals surface area contributed by atoms with E-state index in [9.17, 15) is 9.59 Å². The molecule has 100 valence electrons. The third-order valence-corrected chi connectivity index (χ3v) is 3.35. The number of hydrogen-bond acceptors (Lipinski definition) is 3. The lowest BCUT2D eigenvalue weighted by Crippen LogP contribution is -2.52. The Morgan fingerprint density at radius 1 is 1.44 bits per heavy atom. The molecule has 0 radical (unpaired) electrons. The quantitative estimate of drug-likeness (QED) is 0.640. The van der Waals surface area contributed by atoms with Crippen molar-refractivity contribution in [2.24, 2.45) is 5.92 Å². The molecule has 0 aromatic carbocycles. The van der Waals surface area contributed by atoms with Gasteiger partial charge in [-0.25, -0.2) is 4.79 Å². The summed E-state index contributed by atoms with van der Waals surface area (Å²) < 4.78 is 5.25. The molecule has 2 amide bonds. The van der Waals surface area contributed by atoms with Crippen LogP contribution in [0.1, 0.15) is 19.8 Å². The van der Waals surface area contributed by atoms with Crippen molar-refractivity contribution in [3.8, 4) is 0 Å². The molecule has 2 rings (SSSR count). The van der Waals surface area contributed by atoms with Gasteiger partial charge in [-0.15, -0.1) is 0 Å². The number of amides is 2. The summed E-state index contributed by atoms with van der Waals surface area (Å²) in [5.74, 6) is -1.35. The Balaban J connectivity index is 1.79. The number of ether oxygens (including phenoxy) is 1. The minimum absolute atomic E-state index is 0.211. The second-order valence-electron chi connectivity index (χ2n) is 5.13. The zero-order valence-electron chi connectivity index (χ0n) is 10.3. The van der Waals surface area contributed by atoms with E-state index in [1.54, 1.807) is 12.2 Å². The molecule has 1 heterocycles. The van der Waals surface area contributed by atoms with Crippen molar-refractivity contribution in [1.29, 1.82) is 0 Å². The van der Waals surface area contributed by atoms with Gasteiger partial charge in [0.15, 0.2) is 0 Å². The standard InChI is InChI=1S/C12H18N2O4/c1-12(4-5-18-7-12)14-11(17)13-9-3-2-8(6-9)10(15)16/h2-3,8-9H,4-7H2,1H3,(H,15,16)(H2,13,14,17). The molecule has 1 aliphatic heterocycles. The van der Waals surface area contributed by atoms with Crippen LogP contribution in [-0.2, 0) is 9.53 Å². The molecule has 1 saturated heterocycles. The molecule has 3 atom stereocenters. The minimum atomic E-state index is -0.855. The van der Waals surface area contributed by atoms with Crippen molar-refractivity contribution in [3.05, 3.63) is 12.2 Å². The molecule has 0 aromatic rings. The summed E-state index contributed by atoms with van der Waals surface area (Å²) >= 11 is 0. The summed E-state index contributed by atoms with van der Waals surface area (Å²) in [6, 6.07) is -0.485. The van der Waals surface area contributed by atoms with Crippen LogP contribution < -0.4 is 10.6 Å². The van der Waals surface area contributed by atoms with Gasteiger partial charge in [-0.1, -0.05) is 12.2 Å². The fourth-order valence-electron chi connectivity index (χ4n) is 2.23. The first-order chi connectivity index (χ1) is 8.48. The van der Waals surface area contributed by atoms with Crippen molar-refractivity contribution in [3.63, 3.8) is 0 Å². The lowest BCUT2D eigenvalue weighted by atomic mass is 10.0. The van der Waals surface area contributed by atoms with Gasteiger partial charge in [0.25, 0.3) is 0 Å². The van der Waals surface area contributed by atoms with E-state index in [1.807, 2.05) is 6.92 Å². The van der Waals surface area contributed by atoms with Crippen molar-refractivity contribution >= 4 is 12.0 Å². The van der Waals surface area contributed by atoms with Crippen molar-refractivity contribution in [1.82, 2.24) is 10.6 Å². The minimum Gasteiger partial charge on any atom is -0.481 e. The van der Waals surface area contributed by atoms with Gasteiger partial charge < -0.3 is 20.5 Å². The molecule has 0 aromatic heterocycles. The molecule has 6 nitrogen and oxygen atoms in total. The predicted molar refractivity (Wildman–Crippen MR) is 64.2 cm³/mol. The van der Waals surface area contributed by atoms with Crippen LogP contribution in [0.3, 0.4) is 0 Å². The number of urea groups is 1. The number of rotatable bonds is 3. The molecule has 6 heteroatoms. The molecule has 3 unspecified atom stereocenters. The van der Waals surface area contributed by atoms with Gasteiger partial charge in [-0.05, 0) is 19.8 Å². The van der Waals surface area contributed by atoms with Gasteiger partial charge in [0.1, 0.15) is 0 Å². The lowest BCUT2D eigenvalue weighted by molar-refractivity contribution is -0.140. The van der Waals surface area contributed by atoms with E-state index in [-0.39, 0.29) is 17.6 Å². The Hall–Kier alpha value is -1.56. The maximum atomic E-state index is 11.8. The number of carboxylic acid groups (broad SMARTS) is 1. The van der Waals surface area contributed by atoms with Crippen molar-refractivity contribution in [2.75, 3.05) is 13.2 Å². The average Bonchev–Trinajstić information content (AvgIpc) is 2.87. The highest BCUT2D eigenvalue weighted by atomic mass is 16.5. The van der Waals surface area contributed by atoms with Crippen molar-refractivity contribution < 1.29 is 19.4 Å². The van der Waals surface area contributed by atoms with E-state index >= 15 is 0 Å². The lowest BCUT2D eigenvalue weighted by Gasteiger charge is -2.24. The molecule has 3 N–H and O–H groups in total. The summed E-state index contributed by atoms with van der Waals surface area (Å²) in [5.41, 5.74) is -0.321. The molecule has 2 aliphatic rings. The number of nitrogens with one attached hydrogen (secondary N) is 2. The summed E-state index contributed by atoms with van der Waals surface area (Å²) in [5, 5.41) is 14.5. The van der Waals surface area contributed by atoms with Gasteiger partial charge in [0.2, 0.25) is 0 Å². The zero-order valence-corrected chi connectivity index (χ0v) is 10.3. The number of hydrogen-bond donors (Lipinski definition) is 3. The molecule has 0 spiro atoms. The van der Waals surface area contributed by atoms with E-state index in [0.717, 1.165) is 6.42 Å². The van der Waals surface area contributed by atoms with E-state index in [4.69, 9.17) is 9.84 Å². The van der Waals surface area contributed by atoms with Gasteiger partial charge >= 0.3 is 12.0 Å². The van der Waals surface area contributed by atoms with Crippen LogP contribution in [0.5, 0.6) is 0 Å². The smallest absolute Gasteiger partial charge is 0.315 e. The average molecular weight is 254 g/mol. The number of carbonyl (C=O) groups excluding carboxylic acids is 1. The highest BCUT2D eigenvalue weighted by Gasteiger charge is 2.32. The Morgan fingerprint density at radius 2 is 2.22 bits per heavy atom. The second kappa shape index (κ2) is 4.97. The topological polar surface area (TPSA) is 87.7 Å². The highest BCUT2D eigenvalue weighted by molar-refractivity contribution is 5.77. The third kappa shape index (κ3) is 3.01. The Kier molecular flexibility index (Phi) is 3.56. The molecule has 18 heavy (non-hydrogen) atoms. The van der Waals surface area contributed by atoms with Gasteiger partial charge in [-0.2, -0.15) is 0 Å². The Labute approximate surface area is 105 Å². The van der Waals surface area contributed by atoms with Crippen LogP contribution in [0.4, 0.5) is 4.79 Å². The molecule has 0 saturated carbocycles. The van der Waals surface area contributed by atoms with Gasteiger partial charge in [0, 0.05) is 6.61 Å². The summed E-state index contributed by atoms with van der Waals surface area (Å²) in [6.45, 7) is 3.10. The molecule has 0 bridgehead atoms. The van der Waals surface area contributed by atoms with E-state index in [1.165, 1.54) is 0 Å². The largest absolute Gasteiger partial charge is 0.481 e. The maximum Gasteiger partial charge on any atom is 0.315 e. The van der Waals surface area contributed by atoms with E-state index in [2.05, 4.69) is 10.6 Å². The number of aliphatic carboxylic acids is 1. The SMILES string of the molecule is CC1(NC(=O)NC2C=CC(C(=O)O)C2)CCOC1. The van der Waals surface area contributed by atoms with Crippen LogP contribution in [0.2, 0.25) is 0 Å². The number of carboxylic acids is 1. The van der Waals surface area contributed by atoms with Crippen LogP contribution >= 0.6 is 0 Å². The third-order valence-electron chi connectivity index (χ3n) is 3.35. The van der Waals surface area contributed by atoms with Crippen LogP contribution in [-0.4, -0.2) is 41.9 Å². The van der Waals surface area contributed by atoms with E-state index < -0.39 is 11.9 Å². The highest BCUT2D eigenvalue weighted by Crippen LogP contribution is 2.19. The summed E-state index contributed by atoms with van der Waals surface area (Å²) in [4.78, 5) is 22.5. The first-order valence-electron chi connectivity index (χ1n) is 6.06. The molecular weight excluding hydrogens is 236 g/mol. The first-order valence-corrected chi connectivity index (χ1v) is 6.06. The molecular formula is C12H18N2O4. The summed E-state index contributed by atoms with van der Waals surface area (Å²) in [6.07, 6.45) is 4.55. The van der Waals surface area contributed by atoms with Crippen LogP contribution in [0.25, 0.3) is 0 Å². The van der Waals surface area contributed by atoms with Gasteiger partial charge in [0.05, 0.1) is 24.1 Å². The number of carbonyl (C=O) groups is 2. The molecule has 1 aliphatic carbocycles. The zero-order chi connectivity index (χ0) is 13.2. The summed E-state index contributed by atoms with van der Waals surface area (Å²) in [7, 11) is 0. The maximum absolute atomic E-state index is 11.8. The predicted octanol–water partition coefficient (Wildman–Crippen LogP) is 0.494. The van der Waals surface area contributed by atoms with Gasteiger partial charge in [-0.3, -0.25) is 4.79 Å². The van der Waals surface area contributed by atoms with Crippen LogP contribution in [0.15, 0.2) is 12.2 Å². The monoisotopic (exact) mass is 254 g/mol. The first kappa shape index (κ1) is 12.9. The molecule has 1 fully saturated rings. The van der Waals surface area contributed by atoms with Crippen LogP contribution in [0, 0.1) is 5.92 Å². The normalized spacial score (nSPS) is 34.5. The Morgan fingerprint density at radius 3 is 2.78 bits per heavy atom. The second-order valence-corrected chi connectivity index (χ2v) is 5.13. The van der Waals surface area contributed by atoms with E-state index in [0.29, 0.717) is 19.6 Å².